The zero-order chi connectivity index (χ0) is 23.1. The average molecular weight is 453 g/mol. The Morgan fingerprint density at radius 1 is 0.875 bits per heavy atom. The highest BCUT2D eigenvalue weighted by Crippen LogP contribution is 2.20. The number of carbonyl (C=O) groups is 2. The molecule has 7 nitrogen and oxygen atoms in total. The summed E-state index contributed by atoms with van der Waals surface area (Å²) in [5.41, 5.74) is 2.49. The van der Waals surface area contributed by atoms with Crippen LogP contribution in [0, 0.1) is 6.92 Å². The van der Waals surface area contributed by atoms with E-state index in [1.165, 1.54) is 24.3 Å². The number of para-hydroxylation sites is 1. The van der Waals surface area contributed by atoms with E-state index < -0.39 is 21.9 Å². The highest BCUT2D eigenvalue weighted by molar-refractivity contribution is 7.92. The number of rotatable bonds is 8. The number of carbonyl (C=O) groups excluding carboxylic acids is 2. The monoisotopic (exact) mass is 452 g/mol. The van der Waals surface area contributed by atoms with Crippen molar-refractivity contribution < 1.29 is 22.7 Å². The summed E-state index contributed by atoms with van der Waals surface area (Å²) in [6.45, 7) is 4.07. The van der Waals surface area contributed by atoms with Crippen LogP contribution in [-0.4, -0.2) is 26.9 Å². The molecule has 8 heteroatoms. The second kappa shape index (κ2) is 10.1. The number of hydrogen-bond donors (Lipinski definition) is 2. The number of benzene rings is 3. The van der Waals surface area contributed by atoms with Crippen molar-refractivity contribution in [2.24, 2.45) is 0 Å². The molecule has 0 fully saturated rings. The quantitative estimate of drug-likeness (QED) is 0.486. The largest absolute Gasteiger partial charge is 0.462 e. The number of hydrogen-bond acceptors (Lipinski definition) is 5. The van der Waals surface area contributed by atoms with Crippen LogP contribution >= 0.6 is 0 Å². The maximum Gasteiger partial charge on any atom is 0.338 e. The van der Waals surface area contributed by atoms with Crippen LogP contribution in [0.5, 0.6) is 0 Å². The predicted molar refractivity (Wildman–Crippen MR) is 123 cm³/mol. The third-order valence-electron chi connectivity index (χ3n) is 4.63. The Morgan fingerprint density at radius 3 is 2.12 bits per heavy atom. The normalized spacial score (nSPS) is 10.9. The van der Waals surface area contributed by atoms with Crippen LogP contribution in [0.15, 0.2) is 77.7 Å². The van der Waals surface area contributed by atoms with Crippen molar-refractivity contribution in [3.63, 3.8) is 0 Å². The molecule has 0 radical (unpaired) electrons. The van der Waals surface area contributed by atoms with E-state index in [2.05, 4.69) is 10.0 Å². The number of ether oxygens (including phenoxy) is 1. The number of aryl methyl sites for hydroxylation is 1. The minimum atomic E-state index is -3.78. The summed E-state index contributed by atoms with van der Waals surface area (Å²) in [5, 5.41) is 2.72. The van der Waals surface area contributed by atoms with E-state index in [4.69, 9.17) is 4.74 Å². The van der Waals surface area contributed by atoms with Gasteiger partial charge in [0.1, 0.15) is 0 Å². The van der Waals surface area contributed by atoms with Gasteiger partial charge in [-0.25, -0.2) is 13.2 Å². The molecular weight excluding hydrogens is 428 g/mol. The Morgan fingerprint density at radius 2 is 1.50 bits per heavy atom. The third-order valence-corrected chi connectivity index (χ3v) is 6.01. The van der Waals surface area contributed by atoms with E-state index in [0.717, 1.165) is 12.0 Å². The van der Waals surface area contributed by atoms with Crippen molar-refractivity contribution in [1.82, 2.24) is 0 Å². The fourth-order valence-corrected chi connectivity index (χ4v) is 3.98. The highest BCUT2D eigenvalue weighted by Gasteiger charge is 2.16. The summed E-state index contributed by atoms with van der Waals surface area (Å²) < 4.78 is 32.9. The first-order chi connectivity index (χ1) is 15.3. The predicted octanol–water partition coefficient (Wildman–Crippen LogP) is 4.61. The Bertz CT molecular complexity index is 1200. The molecule has 2 N–H and O–H groups in total. The molecule has 0 heterocycles. The minimum absolute atomic E-state index is 0.0484. The van der Waals surface area contributed by atoms with E-state index >= 15 is 0 Å². The van der Waals surface area contributed by atoms with Gasteiger partial charge in [-0.05, 0) is 73.5 Å². The van der Waals surface area contributed by atoms with Gasteiger partial charge in [-0.1, -0.05) is 25.1 Å². The summed E-state index contributed by atoms with van der Waals surface area (Å²) in [7, 11) is -3.78. The first-order valence-corrected chi connectivity index (χ1v) is 11.6. The molecule has 1 amide bonds. The Labute approximate surface area is 187 Å². The molecule has 0 aliphatic heterocycles. The zero-order valence-corrected chi connectivity index (χ0v) is 18.6. The van der Waals surface area contributed by atoms with Crippen molar-refractivity contribution >= 4 is 33.3 Å². The maximum absolute atomic E-state index is 12.6. The molecule has 0 aromatic heterocycles. The highest BCUT2D eigenvalue weighted by atomic mass is 32.2. The average Bonchev–Trinajstić information content (AvgIpc) is 2.79. The van der Waals surface area contributed by atoms with E-state index in [1.54, 1.807) is 36.4 Å². The smallest absolute Gasteiger partial charge is 0.338 e. The lowest BCUT2D eigenvalue weighted by Crippen LogP contribution is -2.15. The van der Waals surface area contributed by atoms with Crippen LogP contribution in [0.25, 0.3) is 0 Å². The Balaban J connectivity index is 1.66. The molecule has 3 aromatic rings. The molecule has 0 atom stereocenters. The lowest BCUT2D eigenvalue weighted by Gasteiger charge is -2.11. The standard InChI is InChI=1S/C24H24N2O5S/c1-3-16-31-24(28)19-8-12-20(13-9-19)25-23(27)18-10-14-21(15-11-18)32(29,30)26-22-7-5-4-6-17(22)2/h4-15,26H,3,16H2,1-2H3,(H,25,27). The second-order valence-corrected chi connectivity index (χ2v) is 8.79. The van der Waals surface area contributed by atoms with Crippen molar-refractivity contribution in [2.45, 2.75) is 25.2 Å². The molecule has 166 valence electrons. The van der Waals surface area contributed by atoms with Gasteiger partial charge in [-0.15, -0.1) is 0 Å². The van der Waals surface area contributed by atoms with Crippen LogP contribution in [0.3, 0.4) is 0 Å². The van der Waals surface area contributed by atoms with E-state index in [0.29, 0.717) is 29.1 Å². The van der Waals surface area contributed by atoms with Crippen molar-refractivity contribution in [3.8, 4) is 0 Å². The molecule has 0 aliphatic rings. The van der Waals surface area contributed by atoms with Gasteiger partial charge >= 0.3 is 5.97 Å². The van der Waals surface area contributed by atoms with Crippen LogP contribution in [0.2, 0.25) is 0 Å². The fourth-order valence-electron chi connectivity index (χ4n) is 2.85. The van der Waals surface area contributed by atoms with Gasteiger partial charge < -0.3 is 10.1 Å². The Hall–Kier alpha value is -3.65. The molecule has 0 unspecified atom stereocenters. The molecule has 0 aliphatic carbocycles. The van der Waals surface area contributed by atoms with Crippen LogP contribution in [0.1, 0.15) is 39.6 Å². The number of sulfonamides is 1. The number of anilines is 2. The summed E-state index contributed by atoms with van der Waals surface area (Å²) in [6.07, 6.45) is 0.738. The third kappa shape index (κ3) is 5.73. The van der Waals surface area contributed by atoms with Crippen molar-refractivity contribution in [3.05, 3.63) is 89.5 Å². The van der Waals surface area contributed by atoms with Gasteiger partial charge in [0.2, 0.25) is 0 Å². The van der Waals surface area contributed by atoms with Crippen LogP contribution in [0.4, 0.5) is 11.4 Å². The molecule has 0 bridgehead atoms. The lowest BCUT2D eigenvalue weighted by molar-refractivity contribution is 0.0505. The van der Waals surface area contributed by atoms with Crippen LogP contribution < -0.4 is 10.0 Å². The van der Waals surface area contributed by atoms with Gasteiger partial charge in [0, 0.05) is 11.3 Å². The van der Waals surface area contributed by atoms with Gasteiger partial charge in [-0.3, -0.25) is 9.52 Å². The summed E-state index contributed by atoms with van der Waals surface area (Å²) in [6, 6.07) is 19.1. The molecule has 0 spiro atoms. The zero-order valence-electron chi connectivity index (χ0n) is 17.8. The molecular formula is C24H24N2O5S. The van der Waals surface area contributed by atoms with E-state index in [9.17, 15) is 18.0 Å². The lowest BCUT2D eigenvalue weighted by atomic mass is 10.2. The second-order valence-electron chi connectivity index (χ2n) is 7.11. The van der Waals surface area contributed by atoms with Crippen molar-refractivity contribution in [2.75, 3.05) is 16.6 Å². The first kappa shape index (κ1) is 23.0. The molecule has 0 saturated carbocycles. The molecule has 0 saturated heterocycles. The first-order valence-electron chi connectivity index (χ1n) is 10.1. The molecule has 32 heavy (non-hydrogen) atoms. The number of amides is 1. The minimum Gasteiger partial charge on any atom is -0.462 e. The van der Waals surface area contributed by atoms with Crippen LogP contribution in [-0.2, 0) is 14.8 Å². The van der Waals surface area contributed by atoms with E-state index in [-0.39, 0.29) is 4.90 Å². The van der Waals surface area contributed by atoms with Gasteiger partial charge in [0.15, 0.2) is 0 Å². The number of nitrogens with one attached hydrogen (secondary N) is 2. The maximum atomic E-state index is 12.6. The molecule has 3 rings (SSSR count). The van der Waals surface area contributed by atoms with Gasteiger partial charge in [0.25, 0.3) is 15.9 Å². The van der Waals surface area contributed by atoms with Gasteiger partial charge in [-0.2, -0.15) is 0 Å². The molecule has 3 aromatic carbocycles. The van der Waals surface area contributed by atoms with E-state index in [1.807, 2.05) is 26.0 Å². The Kier molecular flexibility index (Phi) is 7.27. The van der Waals surface area contributed by atoms with Crippen molar-refractivity contribution in [1.29, 1.82) is 0 Å². The summed E-state index contributed by atoms with van der Waals surface area (Å²) in [4.78, 5) is 24.4. The summed E-state index contributed by atoms with van der Waals surface area (Å²) in [5.74, 6) is -0.817. The topological polar surface area (TPSA) is 102 Å². The SMILES string of the molecule is CCCOC(=O)c1ccc(NC(=O)c2ccc(S(=O)(=O)Nc3ccccc3C)cc2)cc1. The number of esters is 1. The fraction of sp³-hybridized carbons (Fsp3) is 0.167. The summed E-state index contributed by atoms with van der Waals surface area (Å²) >= 11 is 0. The van der Waals surface area contributed by atoms with Gasteiger partial charge in [0.05, 0.1) is 22.8 Å².